The van der Waals surface area contributed by atoms with Gasteiger partial charge in [-0.25, -0.2) is 4.79 Å². The first kappa shape index (κ1) is 14.4. The van der Waals surface area contributed by atoms with Crippen molar-refractivity contribution < 1.29 is 14.1 Å². The van der Waals surface area contributed by atoms with E-state index in [4.69, 9.17) is 4.52 Å². The van der Waals surface area contributed by atoms with Gasteiger partial charge in [0.05, 0.1) is 13.0 Å². The van der Waals surface area contributed by atoms with Crippen molar-refractivity contribution in [3.05, 3.63) is 29.7 Å². The maximum atomic E-state index is 11.3. The first-order chi connectivity index (χ1) is 10.6. The number of benzene rings is 1. The van der Waals surface area contributed by atoms with Crippen LogP contribution in [0.15, 0.2) is 22.7 Å². The van der Waals surface area contributed by atoms with Gasteiger partial charge < -0.3 is 19.5 Å². The van der Waals surface area contributed by atoms with Crippen molar-refractivity contribution >= 4 is 11.8 Å². The Morgan fingerprint density at radius 2 is 2.23 bits per heavy atom. The largest absolute Gasteiger partial charge is 0.453 e. The number of hydrogen-bond acceptors (Lipinski definition) is 6. The lowest BCUT2D eigenvalue weighted by atomic mass is 10.0. The summed E-state index contributed by atoms with van der Waals surface area (Å²) in [6, 6.07) is 5.97. The van der Waals surface area contributed by atoms with Crippen molar-refractivity contribution in [2.24, 2.45) is 0 Å². The van der Waals surface area contributed by atoms with Crippen molar-refractivity contribution in [3.63, 3.8) is 0 Å². The first-order valence-electron chi connectivity index (χ1n) is 7.07. The number of ether oxygens (including phenoxy) is 1. The normalized spacial score (nSPS) is 14.6. The number of anilines is 1. The van der Waals surface area contributed by atoms with Gasteiger partial charge in [-0.2, -0.15) is 4.98 Å². The average molecular weight is 302 g/mol. The fourth-order valence-corrected chi connectivity index (χ4v) is 2.46. The summed E-state index contributed by atoms with van der Waals surface area (Å²) in [5.74, 6) is 1.19. The second-order valence-electron chi connectivity index (χ2n) is 5.31. The molecule has 0 aliphatic carbocycles. The quantitative estimate of drug-likeness (QED) is 0.936. The van der Waals surface area contributed by atoms with Gasteiger partial charge in [0.1, 0.15) is 0 Å². The van der Waals surface area contributed by atoms with Gasteiger partial charge in [0, 0.05) is 31.4 Å². The van der Waals surface area contributed by atoms with E-state index in [1.807, 2.05) is 32.2 Å². The molecule has 1 aliphatic heterocycles. The molecule has 1 saturated heterocycles. The van der Waals surface area contributed by atoms with Gasteiger partial charge in [-0.3, -0.25) is 0 Å². The zero-order chi connectivity index (χ0) is 15.7. The highest BCUT2D eigenvalue weighted by molar-refractivity contribution is 5.69. The number of hydrogen-bond donors (Lipinski definition) is 1. The summed E-state index contributed by atoms with van der Waals surface area (Å²) in [6.07, 6.45) is -0.326. The van der Waals surface area contributed by atoms with Crippen molar-refractivity contribution in [2.75, 3.05) is 32.6 Å². The minimum atomic E-state index is -0.326. The molecular formula is C15H18N4O3. The molecule has 2 aromatic rings. The van der Waals surface area contributed by atoms with Gasteiger partial charge >= 0.3 is 6.09 Å². The second-order valence-corrected chi connectivity index (χ2v) is 5.31. The Balaban J connectivity index is 1.74. The number of amides is 1. The molecule has 0 bridgehead atoms. The van der Waals surface area contributed by atoms with Gasteiger partial charge in [0.15, 0.2) is 0 Å². The van der Waals surface area contributed by atoms with Crippen LogP contribution in [0.3, 0.4) is 0 Å². The monoisotopic (exact) mass is 302 g/mol. The van der Waals surface area contributed by atoms with Gasteiger partial charge in [-0.15, -0.1) is 0 Å². The molecule has 1 aromatic heterocycles. The van der Waals surface area contributed by atoms with Gasteiger partial charge in [0.2, 0.25) is 11.7 Å². The highest BCUT2D eigenvalue weighted by atomic mass is 16.5. The van der Waals surface area contributed by atoms with Crippen LogP contribution in [0.1, 0.15) is 17.4 Å². The van der Waals surface area contributed by atoms with E-state index >= 15 is 0 Å². The number of aromatic nitrogens is 2. The lowest BCUT2D eigenvalue weighted by Gasteiger charge is -2.35. The number of rotatable bonds is 3. The van der Waals surface area contributed by atoms with Crippen molar-refractivity contribution in [1.29, 1.82) is 0 Å². The molecule has 7 heteroatoms. The summed E-state index contributed by atoms with van der Waals surface area (Å²) in [5, 5.41) is 7.17. The Hall–Kier alpha value is -2.57. The molecule has 1 amide bonds. The number of nitrogens with one attached hydrogen (secondary N) is 1. The fraction of sp³-hybridized carbons (Fsp3) is 0.400. The molecule has 0 atom stereocenters. The first-order valence-corrected chi connectivity index (χ1v) is 7.07. The van der Waals surface area contributed by atoms with E-state index in [-0.39, 0.29) is 12.0 Å². The van der Waals surface area contributed by atoms with E-state index in [0.29, 0.717) is 24.8 Å². The number of carbonyl (C=O) groups excluding carboxylic acids is 1. The SMILES string of the molecule is CNc1cc(-c2noc(C3CN(C(=O)OC)C3)n2)ccc1C. The Morgan fingerprint density at radius 3 is 2.91 bits per heavy atom. The minimum absolute atomic E-state index is 0.0783. The van der Waals surface area contributed by atoms with Crippen molar-refractivity contribution in [1.82, 2.24) is 15.0 Å². The Kier molecular flexibility index (Phi) is 3.70. The maximum absolute atomic E-state index is 11.3. The molecule has 0 spiro atoms. The van der Waals surface area contributed by atoms with E-state index in [1.165, 1.54) is 7.11 Å². The predicted molar refractivity (Wildman–Crippen MR) is 80.7 cm³/mol. The molecule has 1 N–H and O–H groups in total. The third kappa shape index (κ3) is 2.49. The van der Waals surface area contributed by atoms with Crippen LogP contribution >= 0.6 is 0 Å². The molecule has 7 nitrogen and oxygen atoms in total. The lowest BCUT2D eigenvalue weighted by molar-refractivity contribution is 0.0804. The molecule has 1 aliphatic rings. The number of aryl methyl sites for hydroxylation is 1. The number of carbonyl (C=O) groups is 1. The molecule has 116 valence electrons. The van der Waals surface area contributed by atoms with E-state index in [9.17, 15) is 4.79 Å². The summed E-state index contributed by atoms with van der Waals surface area (Å²) in [6.45, 7) is 3.13. The topological polar surface area (TPSA) is 80.5 Å². The Morgan fingerprint density at radius 1 is 1.45 bits per heavy atom. The number of methoxy groups -OCH3 is 1. The summed E-state index contributed by atoms with van der Waals surface area (Å²) in [4.78, 5) is 17.4. The van der Waals surface area contributed by atoms with Crippen LogP contribution in [-0.4, -0.2) is 48.4 Å². The second kappa shape index (κ2) is 5.67. The number of likely N-dealkylation sites (tertiary alicyclic amines) is 1. The minimum Gasteiger partial charge on any atom is -0.453 e. The molecule has 0 radical (unpaired) electrons. The zero-order valence-corrected chi connectivity index (χ0v) is 12.8. The summed E-state index contributed by atoms with van der Waals surface area (Å²) in [7, 11) is 3.25. The Labute approximate surface area is 128 Å². The highest BCUT2D eigenvalue weighted by Crippen LogP contribution is 2.29. The van der Waals surface area contributed by atoms with Crippen molar-refractivity contribution in [2.45, 2.75) is 12.8 Å². The van der Waals surface area contributed by atoms with E-state index < -0.39 is 0 Å². The van der Waals surface area contributed by atoms with Crippen LogP contribution in [0.2, 0.25) is 0 Å². The molecular weight excluding hydrogens is 284 g/mol. The smallest absolute Gasteiger partial charge is 0.409 e. The maximum Gasteiger partial charge on any atom is 0.409 e. The van der Waals surface area contributed by atoms with Gasteiger partial charge in [-0.05, 0) is 18.6 Å². The summed E-state index contributed by atoms with van der Waals surface area (Å²) >= 11 is 0. The predicted octanol–water partition coefficient (Wildman–Crippen LogP) is 2.25. The molecule has 2 heterocycles. The van der Waals surface area contributed by atoms with Gasteiger partial charge in [-0.1, -0.05) is 17.3 Å². The third-order valence-electron chi connectivity index (χ3n) is 3.87. The standard InChI is InChI=1S/C15H18N4O3/c1-9-4-5-10(6-12(9)16-2)13-17-14(22-18-13)11-7-19(8-11)15(20)21-3/h4-6,11,16H,7-8H2,1-3H3. The van der Waals surface area contributed by atoms with E-state index in [0.717, 1.165) is 16.8 Å². The lowest BCUT2D eigenvalue weighted by Crippen LogP contribution is -2.48. The van der Waals surface area contributed by atoms with Crippen molar-refractivity contribution in [3.8, 4) is 11.4 Å². The molecule has 1 aromatic carbocycles. The zero-order valence-electron chi connectivity index (χ0n) is 12.8. The molecule has 1 fully saturated rings. The van der Waals surface area contributed by atoms with Crippen LogP contribution in [0.5, 0.6) is 0 Å². The molecule has 3 rings (SSSR count). The average Bonchev–Trinajstić information content (AvgIpc) is 2.95. The third-order valence-corrected chi connectivity index (χ3v) is 3.87. The molecule has 0 saturated carbocycles. The summed E-state index contributed by atoms with van der Waals surface area (Å²) < 4.78 is 9.99. The van der Waals surface area contributed by atoms with Crippen LogP contribution < -0.4 is 5.32 Å². The summed E-state index contributed by atoms with van der Waals surface area (Å²) in [5.41, 5.74) is 3.08. The molecule has 22 heavy (non-hydrogen) atoms. The van der Waals surface area contributed by atoms with Crippen LogP contribution in [0.4, 0.5) is 10.5 Å². The molecule has 0 unspecified atom stereocenters. The van der Waals surface area contributed by atoms with Crippen LogP contribution in [-0.2, 0) is 4.74 Å². The fourth-order valence-electron chi connectivity index (χ4n) is 2.46. The van der Waals surface area contributed by atoms with E-state index in [2.05, 4.69) is 20.2 Å². The van der Waals surface area contributed by atoms with Crippen LogP contribution in [0, 0.1) is 6.92 Å². The van der Waals surface area contributed by atoms with Gasteiger partial charge in [0.25, 0.3) is 0 Å². The Bertz CT molecular complexity index is 692. The van der Waals surface area contributed by atoms with E-state index in [1.54, 1.807) is 4.90 Å². The highest BCUT2D eigenvalue weighted by Gasteiger charge is 2.36. The number of nitrogens with zero attached hydrogens (tertiary/aromatic N) is 3. The van der Waals surface area contributed by atoms with Crippen LogP contribution in [0.25, 0.3) is 11.4 Å².